The maximum Gasteiger partial charge on any atom is 0.270 e. The molecule has 6 nitrogen and oxygen atoms in total. The Kier molecular flexibility index (Phi) is 6.23. The fraction of sp³-hybridized carbons (Fsp3) is 0.375. The molecule has 0 bridgehead atoms. The highest BCUT2D eigenvalue weighted by Gasteiger charge is 2.30. The van der Waals surface area contributed by atoms with Gasteiger partial charge in [0.2, 0.25) is 5.91 Å². The molecular formula is C24H28N4O2. The molecule has 0 unspecified atom stereocenters. The number of rotatable bonds is 5. The Balaban J connectivity index is 1.34. The zero-order valence-corrected chi connectivity index (χ0v) is 17.5. The molecule has 0 N–H and O–H groups in total. The van der Waals surface area contributed by atoms with E-state index in [0.29, 0.717) is 37.3 Å². The molecule has 0 radical (unpaired) electrons. The van der Waals surface area contributed by atoms with Crippen LogP contribution in [-0.2, 0) is 16.0 Å². The van der Waals surface area contributed by atoms with Crippen LogP contribution in [0.1, 0.15) is 24.0 Å². The molecule has 0 aromatic heterocycles. The molecule has 156 valence electrons. The first kappa shape index (κ1) is 20.3. The van der Waals surface area contributed by atoms with E-state index in [1.54, 1.807) is 0 Å². The molecule has 0 atom stereocenters. The number of benzene rings is 2. The molecule has 0 spiro atoms. The van der Waals surface area contributed by atoms with Crippen molar-refractivity contribution in [1.29, 1.82) is 0 Å². The first-order valence-corrected chi connectivity index (χ1v) is 10.6. The van der Waals surface area contributed by atoms with Crippen molar-refractivity contribution in [2.45, 2.75) is 26.2 Å². The third-order valence-electron chi connectivity index (χ3n) is 5.78. The number of aryl methyl sites for hydroxylation is 1. The van der Waals surface area contributed by atoms with Crippen LogP contribution in [0.2, 0.25) is 0 Å². The van der Waals surface area contributed by atoms with Gasteiger partial charge in [-0.1, -0.05) is 48.0 Å². The standard InChI is InChI=1S/C24H28N4O2/c1-19-7-9-21(10-8-19)28-23(29)12-11-22(25-28)24(30)27-17-15-26(16-18-27)14-13-20-5-3-2-4-6-20/h2-10H,11-18H2,1H3. The zero-order valence-electron chi connectivity index (χ0n) is 17.5. The summed E-state index contributed by atoms with van der Waals surface area (Å²) in [5.74, 6) is -0.108. The Morgan fingerprint density at radius 3 is 2.33 bits per heavy atom. The molecule has 1 fully saturated rings. The van der Waals surface area contributed by atoms with E-state index in [-0.39, 0.29) is 11.8 Å². The van der Waals surface area contributed by atoms with Gasteiger partial charge in [0.15, 0.2) is 0 Å². The highest BCUT2D eigenvalue weighted by atomic mass is 16.2. The summed E-state index contributed by atoms with van der Waals surface area (Å²) in [6.45, 7) is 6.14. The van der Waals surface area contributed by atoms with Crippen molar-refractivity contribution in [3.05, 3.63) is 65.7 Å². The number of amides is 2. The van der Waals surface area contributed by atoms with Crippen molar-refractivity contribution < 1.29 is 9.59 Å². The SMILES string of the molecule is Cc1ccc(N2N=C(C(=O)N3CCN(CCc4ccccc4)CC3)CCC2=O)cc1. The third kappa shape index (κ3) is 4.76. The largest absolute Gasteiger partial charge is 0.335 e. The minimum atomic E-state index is -0.0684. The van der Waals surface area contributed by atoms with E-state index in [9.17, 15) is 9.59 Å². The molecule has 1 saturated heterocycles. The van der Waals surface area contributed by atoms with Gasteiger partial charge in [-0.2, -0.15) is 5.10 Å². The molecular weight excluding hydrogens is 376 g/mol. The average molecular weight is 405 g/mol. The lowest BCUT2D eigenvalue weighted by Gasteiger charge is -2.35. The second kappa shape index (κ2) is 9.22. The fourth-order valence-corrected chi connectivity index (χ4v) is 3.88. The van der Waals surface area contributed by atoms with Gasteiger partial charge in [0.05, 0.1) is 5.69 Å². The Bertz CT molecular complexity index is 916. The lowest BCUT2D eigenvalue weighted by molar-refractivity contribution is -0.126. The number of carbonyl (C=O) groups excluding carboxylic acids is 2. The maximum atomic E-state index is 13.0. The summed E-state index contributed by atoms with van der Waals surface area (Å²) in [6, 6.07) is 18.1. The number of hydrogen-bond donors (Lipinski definition) is 0. The maximum absolute atomic E-state index is 13.0. The van der Waals surface area contributed by atoms with Crippen molar-refractivity contribution in [3.63, 3.8) is 0 Å². The summed E-state index contributed by atoms with van der Waals surface area (Å²) in [7, 11) is 0. The summed E-state index contributed by atoms with van der Waals surface area (Å²) in [5.41, 5.74) is 3.65. The Morgan fingerprint density at radius 1 is 0.933 bits per heavy atom. The first-order valence-electron chi connectivity index (χ1n) is 10.6. The number of hydrogen-bond acceptors (Lipinski definition) is 4. The Labute approximate surface area is 177 Å². The van der Waals surface area contributed by atoms with E-state index >= 15 is 0 Å². The van der Waals surface area contributed by atoms with Crippen LogP contribution < -0.4 is 5.01 Å². The van der Waals surface area contributed by atoms with E-state index in [2.05, 4.69) is 34.3 Å². The van der Waals surface area contributed by atoms with Crippen LogP contribution in [0.4, 0.5) is 5.69 Å². The molecule has 2 aromatic rings. The van der Waals surface area contributed by atoms with Crippen molar-refractivity contribution in [3.8, 4) is 0 Å². The van der Waals surface area contributed by atoms with Gasteiger partial charge in [0.25, 0.3) is 5.91 Å². The molecule has 2 heterocycles. The van der Waals surface area contributed by atoms with E-state index in [1.807, 2.05) is 42.2 Å². The number of carbonyl (C=O) groups is 2. The highest BCUT2D eigenvalue weighted by Crippen LogP contribution is 2.21. The summed E-state index contributed by atoms with van der Waals surface area (Å²) in [5, 5.41) is 5.81. The molecule has 30 heavy (non-hydrogen) atoms. The van der Waals surface area contributed by atoms with Crippen LogP contribution in [0.3, 0.4) is 0 Å². The summed E-state index contributed by atoms with van der Waals surface area (Å²) < 4.78 is 0. The van der Waals surface area contributed by atoms with Gasteiger partial charge in [0.1, 0.15) is 5.71 Å². The monoisotopic (exact) mass is 404 g/mol. The zero-order chi connectivity index (χ0) is 20.9. The lowest BCUT2D eigenvalue weighted by atomic mass is 10.1. The molecule has 4 rings (SSSR count). The van der Waals surface area contributed by atoms with Crippen molar-refractivity contribution in [2.24, 2.45) is 5.10 Å². The van der Waals surface area contributed by atoms with Crippen LogP contribution >= 0.6 is 0 Å². The number of hydrazone groups is 1. The minimum absolute atomic E-state index is 0.0395. The van der Waals surface area contributed by atoms with Gasteiger partial charge < -0.3 is 4.90 Å². The van der Waals surface area contributed by atoms with Crippen LogP contribution in [0.5, 0.6) is 0 Å². The van der Waals surface area contributed by atoms with E-state index in [1.165, 1.54) is 10.6 Å². The van der Waals surface area contributed by atoms with Crippen LogP contribution in [-0.4, -0.2) is 60.0 Å². The average Bonchev–Trinajstić information content (AvgIpc) is 2.79. The van der Waals surface area contributed by atoms with Gasteiger partial charge in [0, 0.05) is 45.6 Å². The smallest absolute Gasteiger partial charge is 0.270 e. The fourth-order valence-electron chi connectivity index (χ4n) is 3.88. The normalized spacial score (nSPS) is 17.8. The predicted molar refractivity (Wildman–Crippen MR) is 119 cm³/mol. The lowest BCUT2D eigenvalue weighted by Crippen LogP contribution is -2.51. The van der Waals surface area contributed by atoms with Gasteiger partial charge in [-0.3, -0.25) is 14.5 Å². The number of piperazine rings is 1. The topological polar surface area (TPSA) is 56.2 Å². The Hall–Kier alpha value is -2.99. The Morgan fingerprint density at radius 2 is 1.63 bits per heavy atom. The van der Waals surface area contributed by atoms with Crippen molar-refractivity contribution >= 4 is 23.2 Å². The van der Waals surface area contributed by atoms with Crippen molar-refractivity contribution in [1.82, 2.24) is 9.80 Å². The summed E-state index contributed by atoms with van der Waals surface area (Å²) >= 11 is 0. The van der Waals surface area contributed by atoms with Crippen LogP contribution in [0, 0.1) is 6.92 Å². The number of anilines is 1. The molecule has 6 heteroatoms. The van der Waals surface area contributed by atoms with Crippen LogP contribution in [0.25, 0.3) is 0 Å². The molecule has 2 aliphatic rings. The molecule has 2 amide bonds. The second-order valence-electron chi connectivity index (χ2n) is 7.96. The third-order valence-corrected chi connectivity index (χ3v) is 5.78. The van der Waals surface area contributed by atoms with E-state index in [0.717, 1.165) is 31.6 Å². The first-order chi connectivity index (χ1) is 14.6. The summed E-state index contributed by atoms with van der Waals surface area (Å²) in [4.78, 5) is 29.6. The molecule has 0 aliphatic carbocycles. The molecule has 2 aromatic carbocycles. The van der Waals surface area contributed by atoms with Crippen LogP contribution in [0.15, 0.2) is 59.7 Å². The van der Waals surface area contributed by atoms with Gasteiger partial charge >= 0.3 is 0 Å². The second-order valence-corrected chi connectivity index (χ2v) is 7.96. The van der Waals surface area contributed by atoms with Gasteiger partial charge in [-0.05, 0) is 31.0 Å². The number of nitrogens with zero attached hydrogens (tertiary/aromatic N) is 4. The minimum Gasteiger partial charge on any atom is -0.335 e. The van der Waals surface area contributed by atoms with Gasteiger partial charge in [-0.15, -0.1) is 0 Å². The highest BCUT2D eigenvalue weighted by molar-refractivity contribution is 6.40. The van der Waals surface area contributed by atoms with E-state index < -0.39 is 0 Å². The molecule has 0 saturated carbocycles. The predicted octanol–water partition coefficient (Wildman–Crippen LogP) is 2.86. The summed E-state index contributed by atoms with van der Waals surface area (Å²) in [6.07, 6.45) is 1.75. The molecule has 2 aliphatic heterocycles. The quantitative estimate of drug-likeness (QED) is 0.770. The van der Waals surface area contributed by atoms with Gasteiger partial charge in [-0.25, -0.2) is 5.01 Å². The van der Waals surface area contributed by atoms with E-state index in [4.69, 9.17) is 0 Å². The van der Waals surface area contributed by atoms with Crippen molar-refractivity contribution in [2.75, 3.05) is 37.7 Å².